The Bertz CT molecular complexity index is 602. The normalized spacial score (nSPS) is 10.2. The van der Waals surface area contributed by atoms with E-state index in [9.17, 15) is 19.7 Å². The molecule has 0 unspecified atom stereocenters. The summed E-state index contributed by atoms with van der Waals surface area (Å²) in [5, 5.41) is 19.6. The lowest BCUT2D eigenvalue weighted by atomic mass is 10.1. The fourth-order valence-corrected chi connectivity index (χ4v) is 2.03. The Balaban J connectivity index is 3.63. The van der Waals surface area contributed by atoms with Crippen molar-refractivity contribution in [2.24, 2.45) is 0 Å². The number of hydrogen-bond acceptors (Lipinski definition) is 6. The second kappa shape index (κ2) is 6.98. The summed E-state index contributed by atoms with van der Waals surface area (Å²) in [5.74, 6) is -2.19. The van der Waals surface area contributed by atoms with E-state index in [1.165, 1.54) is 6.92 Å². The standard InChI is InChI=1S/C12H13ClN2O6/c1-3-6-11(15(19)20)9(12(18)21-4-2)10(13)7(14-6)5-8(16)17/h3-5H2,1-2H3,(H,16,17). The largest absolute Gasteiger partial charge is 0.481 e. The molecule has 1 aromatic heterocycles. The van der Waals surface area contributed by atoms with Crippen molar-refractivity contribution < 1.29 is 24.4 Å². The molecule has 1 N–H and O–H groups in total. The van der Waals surface area contributed by atoms with Gasteiger partial charge in [0.25, 0.3) is 0 Å². The van der Waals surface area contributed by atoms with Gasteiger partial charge in [-0.05, 0) is 13.3 Å². The van der Waals surface area contributed by atoms with Crippen LogP contribution in [0, 0.1) is 10.1 Å². The lowest BCUT2D eigenvalue weighted by Crippen LogP contribution is -2.15. The Kier molecular flexibility index (Phi) is 5.60. The molecule has 114 valence electrons. The van der Waals surface area contributed by atoms with Gasteiger partial charge in [0, 0.05) is 0 Å². The highest BCUT2D eigenvalue weighted by atomic mass is 35.5. The molecule has 0 aliphatic rings. The molecule has 0 saturated carbocycles. The number of aryl methyl sites for hydroxylation is 1. The van der Waals surface area contributed by atoms with Crippen molar-refractivity contribution in [3.05, 3.63) is 32.1 Å². The Labute approximate surface area is 124 Å². The number of esters is 1. The Hall–Kier alpha value is -2.22. The number of nitro groups is 1. The number of halogens is 1. The van der Waals surface area contributed by atoms with Gasteiger partial charge in [-0.25, -0.2) is 9.78 Å². The molecular formula is C12H13ClN2O6. The van der Waals surface area contributed by atoms with Crippen LogP contribution in [0.3, 0.4) is 0 Å². The van der Waals surface area contributed by atoms with Crippen LogP contribution in [-0.2, 0) is 22.4 Å². The molecule has 0 atom stereocenters. The molecule has 21 heavy (non-hydrogen) atoms. The molecule has 0 aliphatic heterocycles. The van der Waals surface area contributed by atoms with Crippen LogP contribution in [0.15, 0.2) is 0 Å². The number of carboxylic acids is 1. The van der Waals surface area contributed by atoms with Gasteiger partial charge in [-0.1, -0.05) is 18.5 Å². The van der Waals surface area contributed by atoms with E-state index in [0.29, 0.717) is 0 Å². The first-order valence-corrected chi connectivity index (χ1v) is 6.45. The molecule has 0 saturated heterocycles. The first kappa shape index (κ1) is 16.8. The van der Waals surface area contributed by atoms with Crippen LogP contribution >= 0.6 is 11.6 Å². The van der Waals surface area contributed by atoms with E-state index in [0.717, 1.165) is 0 Å². The number of hydrogen-bond donors (Lipinski definition) is 1. The SMILES string of the molecule is CCOC(=O)c1c(Cl)c(CC(=O)O)nc(CC)c1[N+](=O)[O-]. The van der Waals surface area contributed by atoms with Crippen molar-refractivity contribution in [3.63, 3.8) is 0 Å². The molecule has 0 radical (unpaired) electrons. The summed E-state index contributed by atoms with van der Waals surface area (Å²) in [6.45, 7) is 3.14. The summed E-state index contributed by atoms with van der Waals surface area (Å²) in [4.78, 5) is 37.0. The van der Waals surface area contributed by atoms with Gasteiger partial charge >= 0.3 is 17.6 Å². The first-order chi connectivity index (χ1) is 9.83. The maximum atomic E-state index is 11.9. The van der Waals surface area contributed by atoms with Crippen LogP contribution in [0.4, 0.5) is 5.69 Å². The quantitative estimate of drug-likeness (QED) is 0.484. The van der Waals surface area contributed by atoms with Gasteiger partial charge in [0.1, 0.15) is 5.69 Å². The molecule has 1 aromatic rings. The summed E-state index contributed by atoms with van der Waals surface area (Å²) >= 11 is 5.93. The third-order valence-corrected chi connectivity index (χ3v) is 2.98. The van der Waals surface area contributed by atoms with Crippen molar-refractivity contribution >= 4 is 29.2 Å². The second-order valence-electron chi connectivity index (χ2n) is 3.94. The highest BCUT2D eigenvalue weighted by Gasteiger charge is 2.32. The van der Waals surface area contributed by atoms with Crippen LogP contribution in [0.2, 0.25) is 5.02 Å². The minimum absolute atomic E-state index is 0.00433. The van der Waals surface area contributed by atoms with E-state index in [1.54, 1.807) is 6.92 Å². The van der Waals surface area contributed by atoms with Crippen molar-refractivity contribution in [3.8, 4) is 0 Å². The van der Waals surface area contributed by atoms with Crippen LogP contribution in [-0.4, -0.2) is 33.6 Å². The monoisotopic (exact) mass is 316 g/mol. The fraction of sp³-hybridized carbons (Fsp3) is 0.417. The third kappa shape index (κ3) is 3.66. The van der Waals surface area contributed by atoms with E-state index >= 15 is 0 Å². The van der Waals surface area contributed by atoms with Crippen molar-refractivity contribution in [1.82, 2.24) is 4.98 Å². The predicted molar refractivity (Wildman–Crippen MR) is 72.6 cm³/mol. The van der Waals surface area contributed by atoms with Crippen LogP contribution < -0.4 is 0 Å². The lowest BCUT2D eigenvalue weighted by Gasteiger charge is -2.11. The smallest absolute Gasteiger partial charge is 0.346 e. The molecular weight excluding hydrogens is 304 g/mol. The van der Waals surface area contributed by atoms with Gasteiger partial charge in [0.2, 0.25) is 0 Å². The van der Waals surface area contributed by atoms with E-state index in [2.05, 4.69) is 4.98 Å². The number of carboxylic acid groups (broad SMARTS) is 1. The number of rotatable bonds is 6. The molecule has 1 rings (SSSR count). The topological polar surface area (TPSA) is 120 Å². The zero-order valence-corrected chi connectivity index (χ0v) is 12.1. The van der Waals surface area contributed by atoms with Gasteiger partial charge in [0.05, 0.1) is 28.7 Å². The molecule has 0 amide bonds. The maximum Gasteiger partial charge on any atom is 0.346 e. The molecule has 8 nitrogen and oxygen atoms in total. The summed E-state index contributed by atoms with van der Waals surface area (Å²) < 4.78 is 4.76. The lowest BCUT2D eigenvalue weighted by molar-refractivity contribution is -0.386. The molecule has 0 aliphatic carbocycles. The maximum absolute atomic E-state index is 11.9. The van der Waals surface area contributed by atoms with Gasteiger partial charge in [-0.3, -0.25) is 14.9 Å². The zero-order valence-electron chi connectivity index (χ0n) is 11.4. The van der Waals surface area contributed by atoms with Crippen molar-refractivity contribution in [2.45, 2.75) is 26.7 Å². The highest BCUT2D eigenvalue weighted by molar-refractivity contribution is 6.35. The van der Waals surface area contributed by atoms with Crippen molar-refractivity contribution in [2.75, 3.05) is 6.61 Å². The molecule has 0 spiro atoms. The molecule has 0 bridgehead atoms. The van der Waals surface area contributed by atoms with Crippen molar-refractivity contribution in [1.29, 1.82) is 0 Å². The average Bonchev–Trinajstić information content (AvgIpc) is 2.39. The Morgan fingerprint density at radius 3 is 2.43 bits per heavy atom. The predicted octanol–water partition coefficient (Wildman–Crippen LogP) is 2.01. The summed E-state index contributed by atoms with van der Waals surface area (Å²) in [6, 6.07) is 0. The fourth-order valence-electron chi connectivity index (χ4n) is 1.75. The second-order valence-corrected chi connectivity index (χ2v) is 4.32. The van der Waals surface area contributed by atoms with Gasteiger partial charge in [-0.15, -0.1) is 0 Å². The molecule has 9 heteroatoms. The van der Waals surface area contributed by atoms with Gasteiger partial charge in [0.15, 0.2) is 5.56 Å². The number of aromatic nitrogens is 1. The van der Waals surface area contributed by atoms with Gasteiger partial charge < -0.3 is 9.84 Å². The van der Waals surface area contributed by atoms with Crippen LogP contribution in [0.5, 0.6) is 0 Å². The molecule has 0 aromatic carbocycles. The highest BCUT2D eigenvalue weighted by Crippen LogP contribution is 2.32. The van der Waals surface area contributed by atoms with Crippen LogP contribution in [0.25, 0.3) is 0 Å². The zero-order chi connectivity index (χ0) is 16.2. The summed E-state index contributed by atoms with van der Waals surface area (Å²) in [7, 11) is 0. The number of nitrogens with zero attached hydrogens (tertiary/aromatic N) is 2. The Morgan fingerprint density at radius 1 is 1.38 bits per heavy atom. The number of aliphatic carboxylic acids is 1. The number of carbonyl (C=O) groups is 2. The van der Waals surface area contributed by atoms with E-state index in [-0.39, 0.29) is 29.4 Å². The first-order valence-electron chi connectivity index (χ1n) is 6.07. The van der Waals surface area contributed by atoms with E-state index < -0.39 is 34.5 Å². The van der Waals surface area contributed by atoms with E-state index in [4.69, 9.17) is 21.4 Å². The minimum atomic E-state index is -1.21. The summed E-state index contributed by atoms with van der Waals surface area (Å²) in [5.41, 5.74) is -1.11. The van der Waals surface area contributed by atoms with Crippen LogP contribution in [0.1, 0.15) is 35.6 Å². The average molecular weight is 317 g/mol. The number of pyridine rings is 1. The molecule has 0 fully saturated rings. The number of carbonyl (C=O) groups excluding carboxylic acids is 1. The third-order valence-electron chi connectivity index (χ3n) is 2.57. The minimum Gasteiger partial charge on any atom is -0.481 e. The van der Waals surface area contributed by atoms with Gasteiger partial charge in [-0.2, -0.15) is 0 Å². The molecule has 1 heterocycles. The Morgan fingerprint density at radius 2 is 2.00 bits per heavy atom. The summed E-state index contributed by atoms with van der Waals surface area (Å²) in [6.07, 6.45) is -0.400. The van der Waals surface area contributed by atoms with E-state index in [1.807, 2.05) is 0 Å². The number of ether oxygens (including phenoxy) is 1.